The SMILES string of the molecule is CC1C=C(C2(c3cccc4oc5cccc(N(c6ccccc6)c6cccc7sc8ccccc8c67)c5c34)c3ccccc3C3=CC=CCC32)C=CC1. The van der Waals surface area contributed by atoms with Crippen LogP contribution in [0.5, 0.6) is 0 Å². The summed E-state index contributed by atoms with van der Waals surface area (Å²) in [6.45, 7) is 2.36. The first-order valence-electron chi connectivity index (χ1n) is 18.8. The van der Waals surface area contributed by atoms with Gasteiger partial charge in [-0.1, -0.05) is 128 Å². The van der Waals surface area contributed by atoms with E-state index in [-0.39, 0.29) is 5.92 Å². The van der Waals surface area contributed by atoms with Crippen molar-refractivity contribution in [1.82, 2.24) is 0 Å². The highest BCUT2D eigenvalue weighted by molar-refractivity contribution is 7.26. The Morgan fingerprint density at radius 3 is 2.25 bits per heavy atom. The van der Waals surface area contributed by atoms with Crippen LogP contribution in [0.1, 0.15) is 36.5 Å². The molecule has 0 radical (unpaired) electrons. The van der Waals surface area contributed by atoms with E-state index in [2.05, 4.69) is 182 Å². The first-order valence-corrected chi connectivity index (χ1v) is 19.6. The number of para-hydroxylation sites is 1. The van der Waals surface area contributed by atoms with Gasteiger partial charge in [-0.05, 0) is 95.1 Å². The monoisotopic (exact) mass is 699 g/mol. The molecule has 2 aromatic heterocycles. The number of nitrogens with zero attached hydrogens (tertiary/aromatic N) is 1. The van der Waals surface area contributed by atoms with Gasteiger partial charge in [0, 0.05) is 37.2 Å². The van der Waals surface area contributed by atoms with E-state index >= 15 is 0 Å². The summed E-state index contributed by atoms with van der Waals surface area (Å²) in [5.41, 5.74) is 11.7. The molecule has 254 valence electrons. The standard InChI is InChI=1S/C50H37NOS/c1-32-15-11-16-33(31-32)50(38-22-8-5-19-35(38)36-20-6-9-23-39(36)50)40-24-12-27-43-48(40)49-42(25-13-28-44(49)52-43)51(34-17-3-2-4-18-34)41-26-14-30-46-47(41)37-21-7-10-29-45(37)53-46/h2-14,16-22,24-32,39H,15,23H2,1H3. The molecule has 53 heavy (non-hydrogen) atoms. The van der Waals surface area contributed by atoms with Gasteiger partial charge in [0.1, 0.15) is 11.2 Å². The van der Waals surface area contributed by atoms with Crippen molar-refractivity contribution in [2.75, 3.05) is 4.90 Å². The average molecular weight is 700 g/mol. The molecule has 3 unspecified atom stereocenters. The summed E-state index contributed by atoms with van der Waals surface area (Å²) in [4.78, 5) is 2.47. The highest BCUT2D eigenvalue weighted by Gasteiger charge is 2.53. The molecule has 3 aliphatic rings. The minimum atomic E-state index is -0.400. The minimum absolute atomic E-state index is 0.255. The van der Waals surface area contributed by atoms with Crippen LogP contribution in [0, 0.1) is 11.8 Å². The Labute approximate surface area is 313 Å². The molecule has 8 aromatic rings. The van der Waals surface area contributed by atoms with Gasteiger partial charge in [-0.15, -0.1) is 11.3 Å². The summed E-state index contributed by atoms with van der Waals surface area (Å²) in [5.74, 6) is 0.710. The van der Waals surface area contributed by atoms with Crippen LogP contribution in [0.2, 0.25) is 0 Å². The third-order valence-electron chi connectivity index (χ3n) is 11.9. The maximum atomic E-state index is 6.94. The van der Waals surface area contributed by atoms with Crippen molar-refractivity contribution in [2.45, 2.75) is 25.2 Å². The maximum Gasteiger partial charge on any atom is 0.137 e. The molecule has 0 fully saturated rings. The van der Waals surface area contributed by atoms with Gasteiger partial charge in [0.2, 0.25) is 0 Å². The van der Waals surface area contributed by atoms with Crippen molar-refractivity contribution in [3.63, 3.8) is 0 Å². The Morgan fingerprint density at radius 2 is 1.36 bits per heavy atom. The Kier molecular flexibility index (Phi) is 6.84. The van der Waals surface area contributed by atoms with Crippen LogP contribution in [-0.4, -0.2) is 0 Å². The first kappa shape index (κ1) is 30.7. The number of anilines is 3. The topological polar surface area (TPSA) is 16.4 Å². The summed E-state index contributed by atoms with van der Waals surface area (Å²) < 4.78 is 9.53. The van der Waals surface area contributed by atoms with Gasteiger partial charge in [0.15, 0.2) is 0 Å². The minimum Gasteiger partial charge on any atom is -0.456 e. The summed E-state index contributed by atoms with van der Waals surface area (Å²) >= 11 is 1.86. The summed E-state index contributed by atoms with van der Waals surface area (Å²) in [7, 11) is 0. The molecule has 0 amide bonds. The number of benzene rings is 6. The van der Waals surface area contributed by atoms with Crippen molar-refractivity contribution >= 4 is 76.1 Å². The maximum absolute atomic E-state index is 6.94. The zero-order valence-electron chi connectivity index (χ0n) is 29.5. The number of fused-ring (bicyclic) bond motifs is 9. The normalized spacial score (nSPS) is 20.5. The van der Waals surface area contributed by atoms with Crippen LogP contribution in [0.3, 0.4) is 0 Å². The molecule has 2 heterocycles. The summed E-state index contributed by atoms with van der Waals surface area (Å²) in [6.07, 6.45) is 16.4. The Bertz CT molecular complexity index is 2880. The van der Waals surface area contributed by atoms with Crippen molar-refractivity contribution in [3.05, 3.63) is 192 Å². The van der Waals surface area contributed by atoms with E-state index in [9.17, 15) is 0 Å². The molecule has 11 rings (SSSR count). The Hall–Kier alpha value is -5.90. The number of allylic oxidation sites excluding steroid dienone is 8. The molecule has 0 saturated carbocycles. The second-order valence-electron chi connectivity index (χ2n) is 14.8. The third-order valence-corrected chi connectivity index (χ3v) is 13.0. The molecule has 0 N–H and O–H groups in total. The predicted octanol–water partition coefficient (Wildman–Crippen LogP) is 14.2. The number of hydrogen-bond donors (Lipinski definition) is 0. The van der Waals surface area contributed by atoms with Crippen molar-refractivity contribution < 1.29 is 4.42 Å². The van der Waals surface area contributed by atoms with Gasteiger partial charge >= 0.3 is 0 Å². The molecule has 6 aromatic carbocycles. The lowest BCUT2D eigenvalue weighted by atomic mass is 9.60. The van der Waals surface area contributed by atoms with E-state index in [1.165, 1.54) is 59.1 Å². The van der Waals surface area contributed by atoms with Crippen LogP contribution in [-0.2, 0) is 5.41 Å². The molecule has 2 nitrogen and oxygen atoms in total. The van der Waals surface area contributed by atoms with Crippen LogP contribution in [0.25, 0.3) is 47.7 Å². The fraction of sp³-hybridized carbons (Fsp3) is 0.120. The average Bonchev–Trinajstić information content (AvgIpc) is 3.88. The van der Waals surface area contributed by atoms with Crippen LogP contribution in [0.4, 0.5) is 17.1 Å². The van der Waals surface area contributed by atoms with E-state index in [4.69, 9.17) is 4.42 Å². The lowest BCUT2D eigenvalue weighted by molar-refractivity contribution is 0.479. The zero-order valence-corrected chi connectivity index (χ0v) is 30.3. The van der Waals surface area contributed by atoms with Gasteiger partial charge in [0.05, 0.1) is 22.2 Å². The van der Waals surface area contributed by atoms with Gasteiger partial charge in [-0.2, -0.15) is 0 Å². The molecule has 3 heteroatoms. The fourth-order valence-corrected chi connectivity index (χ4v) is 10.9. The Morgan fingerprint density at radius 1 is 0.642 bits per heavy atom. The van der Waals surface area contributed by atoms with Gasteiger partial charge in [-0.25, -0.2) is 0 Å². The molecule has 0 spiro atoms. The highest BCUT2D eigenvalue weighted by Crippen LogP contribution is 2.62. The van der Waals surface area contributed by atoms with E-state index in [1.54, 1.807) is 0 Å². The third kappa shape index (κ3) is 4.38. The van der Waals surface area contributed by atoms with Crippen molar-refractivity contribution in [2.24, 2.45) is 11.8 Å². The molecular formula is C50H37NOS. The molecule has 3 aliphatic carbocycles. The highest BCUT2D eigenvalue weighted by atomic mass is 32.1. The van der Waals surface area contributed by atoms with E-state index in [0.717, 1.165) is 40.8 Å². The Balaban J connectivity index is 1.28. The van der Waals surface area contributed by atoms with Gasteiger partial charge in [-0.3, -0.25) is 0 Å². The van der Waals surface area contributed by atoms with Crippen LogP contribution >= 0.6 is 11.3 Å². The van der Waals surface area contributed by atoms with Gasteiger partial charge < -0.3 is 9.32 Å². The molecule has 0 saturated heterocycles. The molecular weight excluding hydrogens is 663 g/mol. The van der Waals surface area contributed by atoms with Crippen LogP contribution in [0.15, 0.2) is 180 Å². The second kappa shape index (κ2) is 11.8. The summed E-state index contributed by atoms with van der Waals surface area (Å²) in [5, 5.41) is 4.90. The van der Waals surface area contributed by atoms with Gasteiger partial charge in [0.25, 0.3) is 0 Å². The first-order chi connectivity index (χ1) is 26.2. The number of thiophene rings is 1. The molecule has 0 aliphatic heterocycles. The van der Waals surface area contributed by atoms with E-state index in [0.29, 0.717) is 5.92 Å². The lowest BCUT2D eigenvalue weighted by Crippen LogP contribution is -2.36. The fourth-order valence-electron chi connectivity index (χ4n) is 9.82. The van der Waals surface area contributed by atoms with E-state index < -0.39 is 5.41 Å². The largest absolute Gasteiger partial charge is 0.456 e. The number of hydrogen-bond acceptors (Lipinski definition) is 3. The lowest BCUT2D eigenvalue weighted by Gasteiger charge is -2.41. The second-order valence-corrected chi connectivity index (χ2v) is 15.9. The quantitative estimate of drug-likeness (QED) is 0.178. The van der Waals surface area contributed by atoms with E-state index in [1.807, 2.05) is 11.3 Å². The van der Waals surface area contributed by atoms with Crippen LogP contribution < -0.4 is 4.90 Å². The predicted molar refractivity (Wildman–Crippen MR) is 225 cm³/mol. The zero-order chi connectivity index (χ0) is 35.1. The van der Waals surface area contributed by atoms with Crippen molar-refractivity contribution in [3.8, 4) is 0 Å². The summed E-state index contributed by atoms with van der Waals surface area (Å²) in [6, 6.07) is 49.0. The number of rotatable bonds is 5. The number of furan rings is 1. The smallest absolute Gasteiger partial charge is 0.137 e. The van der Waals surface area contributed by atoms with Crippen molar-refractivity contribution in [1.29, 1.82) is 0 Å². The molecule has 3 atom stereocenters. The molecule has 0 bridgehead atoms.